The maximum absolute atomic E-state index is 12.5. The van der Waals surface area contributed by atoms with Gasteiger partial charge in [-0.1, -0.05) is 11.6 Å². The number of hydrogen-bond donors (Lipinski definition) is 2. The number of aliphatic hydroxyl groups is 1. The van der Waals surface area contributed by atoms with Gasteiger partial charge in [-0.3, -0.25) is 0 Å². The SMILES string of the molecule is CC(O)CNS(=O)(=O)c1cc(C(F)(F)F)ccc1Cl. The van der Waals surface area contributed by atoms with Crippen LogP contribution in [0.25, 0.3) is 0 Å². The number of halogens is 4. The van der Waals surface area contributed by atoms with Crippen molar-refractivity contribution >= 4 is 21.6 Å². The van der Waals surface area contributed by atoms with Gasteiger partial charge in [0.05, 0.1) is 16.7 Å². The maximum atomic E-state index is 12.5. The van der Waals surface area contributed by atoms with Crippen molar-refractivity contribution in [2.24, 2.45) is 0 Å². The molecule has 108 valence electrons. The first-order chi connectivity index (χ1) is 8.54. The average molecular weight is 318 g/mol. The molecule has 1 aromatic carbocycles. The highest BCUT2D eigenvalue weighted by molar-refractivity contribution is 7.89. The Morgan fingerprint density at radius 1 is 1.42 bits per heavy atom. The molecule has 0 aliphatic rings. The highest BCUT2D eigenvalue weighted by atomic mass is 35.5. The van der Waals surface area contributed by atoms with Gasteiger partial charge in [-0.2, -0.15) is 13.2 Å². The van der Waals surface area contributed by atoms with Crippen LogP contribution < -0.4 is 4.72 Å². The van der Waals surface area contributed by atoms with Crippen LogP contribution in [0.3, 0.4) is 0 Å². The molecule has 0 heterocycles. The van der Waals surface area contributed by atoms with E-state index in [2.05, 4.69) is 0 Å². The molecule has 2 N–H and O–H groups in total. The Labute approximate surface area is 113 Å². The molecule has 4 nitrogen and oxygen atoms in total. The first kappa shape index (κ1) is 16.2. The second kappa shape index (κ2) is 5.66. The lowest BCUT2D eigenvalue weighted by molar-refractivity contribution is -0.137. The van der Waals surface area contributed by atoms with E-state index in [1.54, 1.807) is 0 Å². The fraction of sp³-hybridized carbons (Fsp3) is 0.400. The van der Waals surface area contributed by atoms with E-state index in [0.717, 1.165) is 6.07 Å². The van der Waals surface area contributed by atoms with Crippen LogP contribution in [-0.4, -0.2) is 26.2 Å². The third kappa shape index (κ3) is 4.34. The Morgan fingerprint density at radius 2 is 2.00 bits per heavy atom. The molecule has 0 aromatic heterocycles. The molecule has 0 radical (unpaired) electrons. The maximum Gasteiger partial charge on any atom is 0.416 e. The van der Waals surface area contributed by atoms with E-state index in [-0.39, 0.29) is 11.6 Å². The fourth-order valence-electron chi connectivity index (χ4n) is 1.19. The zero-order valence-corrected chi connectivity index (χ0v) is 11.3. The lowest BCUT2D eigenvalue weighted by Gasteiger charge is -2.12. The molecule has 0 aliphatic carbocycles. The third-order valence-electron chi connectivity index (χ3n) is 2.12. The molecule has 0 amide bonds. The van der Waals surface area contributed by atoms with Crippen molar-refractivity contribution in [3.05, 3.63) is 28.8 Å². The van der Waals surface area contributed by atoms with Gasteiger partial charge in [-0.05, 0) is 25.1 Å². The molecule has 1 atom stereocenters. The van der Waals surface area contributed by atoms with Crippen molar-refractivity contribution < 1.29 is 26.7 Å². The van der Waals surface area contributed by atoms with Crippen LogP contribution in [0.5, 0.6) is 0 Å². The van der Waals surface area contributed by atoms with Crippen LogP contribution in [-0.2, 0) is 16.2 Å². The van der Waals surface area contributed by atoms with E-state index in [1.165, 1.54) is 6.92 Å². The molecule has 1 aromatic rings. The van der Waals surface area contributed by atoms with Gasteiger partial charge < -0.3 is 5.11 Å². The van der Waals surface area contributed by atoms with Gasteiger partial charge in [-0.15, -0.1) is 0 Å². The van der Waals surface area contributed by atoms with Gasteiger partial charge in [0.1, 0.15) is 4.90 Å². The monoisotopic (exact) mass is 317 g/mol. The van der Waals surface area contributed by atoms with Crippen LogP contribution >= 0.6 is 11.6 Å². The summed E-state index contributed by atoms with van der Waals surface area (Å²) in [6, 6.07) is 2.00. The van der Waals surface area contributed by atoms with E-state index in [0.29, 0.717) is 12.1 Å². The summed E-state index contributed by atoms with van der Waals surface area (Å²) in [6.07, 6.45) is -5.64. The largest absolute Gasteiger partial charge is 0.416 e. The summed E-state index contributed by atoms with van der Waals surface area (Å²) in [5.74, 6) is 0. The first-order valence-electron chi connectivity index (χ1n) is 5.08. The second-order valence-corrected chi connectivity index (χ2v) is 5.99. The van der Waals surface area contributed by atoms with E-state index >= 15 is 0 Å². The molecule has 0 saturated carbocycles. The Hall–Kier alpha value is -0.830. The van der Waals surface area contributed by atoms with Gasteiger partial charge in [0.25, 0.3) is 0 Å². The summed E-state index contributed by atoms with van der Waals surface area (Å²) in [5.41, 5.74) is -1.12. The summed E-state index contributed by atoms with van der Waals surface area (Å²) < 4.78 is 63.0. The molecule has 1 unspecified atom stereocenters. The molecule has 0 spiro atoms. The van der Waals surface area contributed by atoms with Crippen LogP contribution in [0.1, 0.15) is 12.5 Å². The molecule has 0 saturated heterocycles. The number of nitrogens with one attached hydrogen (secondary N) is 1. The van der Waals surface area contributed by atoms with Crippen molar-refractivity contribution in [1.82, 2.24) is 4.72 Å². The minimum Gasteiger partial charge on any atom is -0.392 e. The van der Waals surface area contributed by atoms with Crippen molar-refractivity contribution in [3.63, 3.8) is 0 Å². The average Bonchev–Trinajstić information content (AvgIpc) is 2.25. The van der Waals surface area contributed by atoms with Gasteiger partial charge in [0.2, 0.25) is 10.0 Å². The Bertz CT molecular complexity index is 558. The Kier molecular flexibility index (Phi) is 4.83. The minimum atomic E-state index is -4.67. The first-order valence-corrected chi connectivity index (χ1v) is 6.94. The number of sulfonamides is 1. The smallest absolute Gasteiger partial charge is 0.392 e. The van der Waals surface area contributed by atoms with Crippen LogP contribution in [0.4, 0.5) is 13.2 Å². The van der Waals surface area contributed by atoms with Crippen molar-refractivity contribution in [1.29, 1.82) is 0 Å². The quantitative estimate of drug-likeness (QED) is 0.893. The summed E-state index contributed by atoms with van der Waals surface area (Å²) in [4.78, 5) is -0.676. The highest BCUT2D eigenvalue weighted by Gasteiger charge is 2.32. The number of aliphatic hydroxyl groups excluding tert-OH is 1. The summed E-state index contributed by atoms with van der Waals surface area (Å²) in [5, 5.41) is 8.65. The molecule has 0 aliphatic heterocycles. The van der Waals surface area contributed by atoms with Crippen LogP contribution in [0, 0.1) is 0 Å². The topological polar surface area (TPSA) is 66.4 Å². The van der Waals surface area contributed by atoms with Gasteiger partial charge in [0.15, 0.2) is 0 Å². The number of rotatable bonds is 4. The summed E-state index contributed by atoms with van der Waals surface area (Å²) in [7, 11) is -4.21. The fourth-order valence-corrected chi connectivity index (χ4v) is 2.84. The predicted molar refractivity (Wildman–Crippen MR) is 63.3 cm³/mol. The Balaban J connectivity index is 3.19. The third-order valence-corrected chi connectivity index (χ3v) is 4.02. The lowest BCUT2D eigenvalue weighted by atomic mass is 10.2. The van der Waals surface area contributed by atoms with Gasteiger partial charge in [-0.25, -0.2) is 13.1 Å². The Morgan fingerprint density at radius 3 is 2.47 bits per heavy atom. The van der Waals surface area contributed by atoms with E-state index < -0.39 is 32.8 Å². The van der Waals surface area contributed by atoms with Crippen LogP contribution in [0.15, 0.2) is 23.1 Å². The number of alkyl halides is 3. The normalized spacial score (nSPS) is 14.4. The minimum absolute atomic E-state index is 0.324. The van der Waals surface area contributed by atoms with E-state index in [9.17, 15) is 21.6 Å². The van der Waals surface area contributed by atoms with E-state index in [1.807, 2.05) is 4.72 Å². The molecular weight excluding hydrogens is 307 g/mol. The molecule has 19 heavy (non-hydrogen) atoms. The molecule has 0 fully saturated rings. The molecule has 0 bridgehead atoms. The zero-order valence-electron chi connectivity index (χ0n) is 9.70. The second-order valence-electron chi connectivity index (χ2n) is 3.84. The number of hydrogen-bond acceptors (Lipinski definition) is 3. The summed E-state index contributed by atoms with van der Waals surface area (Å²) >= 11 is 5.60. The van der Waals surface area contributed by atoms with Crippen molar-refractivity contribution in [3.8, 4) is 0 Å². The molecular formula is C10H11ClF3NO3S. The van der Waals surface area contributed by atoms with Gasteiger partial charge >= 0.3 is 6.18 Å². The highest BCUT2D eigenvalue weighted by Crippen LogP contribution is 2.33. The van der Waals surface area contributed by atoms with Crippen molar-refractivity contribution in [2.75, 3.05) is 6.54 Å². The standard InChI is InChI=1S/C10H11ClF3NO3S/c1-6(16)5-15-19(17,18)9-4-7(10(12,13)14)2-3-8(9)11/h2-4,6,15-16H,5H2,1H3. The van der Waals surface area contributed by atoms with Crippen LogP contribution in [0.2, 0.25) is 5.02 Å². The zero-order chi connectivity index (χ0) is 14.8. The summed E-state index contributed by atoms with van der Waals surface area (Å²) in [6.45, 7) is 1.01. The van der Waals surface area contributed by atoms with Crippen molar-refractivity contribution in [2.45, 2.75) is 24.1 Å². The number of benzene rings is 1. The molecule has 1 rings (SSSR count). The lowest BCUT2D eigenvalue weighted by Crippen LogP contribution is -2.31. The molecule has 9 heteroatoms. The van der Waals surface area contributed by atoms with Gasteiger partial charge in [0, 0.05) is 6.54 Å². The predicted octanol–water partition coefficient (Wildman–Crippen LogP) is 2.02. The van der Waals surface area contributed by atoms with E-state index in [4.69, 9.17) is 16.7 Å².